The fourth-order valence-corrected chi connectivity index (χ4v) is 6.34. The van der Waals surface area contributed by atoms with Crippen molar-refractivity contribution < 1.29 is 0 Å². The van der Waals surface area contributed by atoms with Gasteiger partial charge in [0.25, 0.3) is 0 Å². The van der Waals surface area contributed by atoms with Crippen LogP contribution in [0.15, 0.2) is 18.3 Å². The summed E-state index contributed by atoms with van der Waals surface area (Å²) >= 11 is 0. The number of hydrogen-bond acceptors (Lipinski definition) is 1. The van der Waals surface area contributed by atoms with E-state index in [-0.39, 0.29) is 0 Å². The number of aromatic nitrogens is 1. The first-order valence-corrected chi connectivity index (χ1v) is 10.7. The Balaban J connectivity index is 1.44. The van der Waals surface area contributed by atoms with Crippen molar-refractivity contribution in [2.75, 3.05) is 0 Å². The molecule has 1 heteroatoms. The molecule has 0 bridgehead atoms. The van der Waals surface area contributed by atoms with Gasteiger partial charge in [-0.25, -0.2) is 0 Å². The zero-order valence-corrected chi connectivity index (χ0v) is 15.7. The van der Waals surface area contributed by atoms with Crippen molar-refractivity contribution in [1.82, 2.24) is 4.98 Å². The van der Waals surface area contributed by atoms with Gasteiger partial charge in [-0.3, -0.25) is 4.98 Å². The van der Waals surface area contributed by atoms with Crippen molar-refractivity contribution in [3.8, 4) is 0 Å². The van der Waals surface area contributed by atoms with E-state index in [0.29, 0.717) is 0 Å². The van der Waals surface area contributed by atoms with Crippen molar-refractivity contribution >= 4 is 0 Å². The summed E-state index contributed by atoms with van der Waals surface area (Å²) in [7, 11) is 0. The monoisotopic (exact) mass is 325 g/mol. The molecule has 0 N–H and O–H groups in total. The number of fused-ring (bicyclic) bond motifs is 3. The van der Waals surface area contributed by atoms with Crippen LogP contribution in [0.1, 0.15) is 88.8 Å². The van der Waals surface area contributed by atoms with E-state index in [1.807, 2.05) is 6.20 Å². The van der Waals surface area contributed by atoms with Gasteiger partial charge in [0.1, 0.15) is 0 Å². The molecule has 2 fully saturated rings. The average Bonchev–Trinajstić information content (AvgIpc) is 2.84. The molecule has 3 aliphatic carbocycles. The third-order valence-corrected chi connectivity index (χ3v) is 7.87. The van der Waals surface area contributed by atoms with Crippen LogP contribution in [-0.2, 0) is 6.42 Å². The smallest absolute Gasteiger partial charge is 0.0469 e. The maximum Gasteiger partial charge on any atom is 0.0469 e. The molecule has 1 aromatic rings. The van der Waals surface area contributed by atoms with Crippen molar-refractivity contribution in [1.29, 1.82) is 0 Å². The van der Waals surface area contributed by atoms with E-state index in [4.69, 9.17) is 4.98 Å². The molecule has 24 heavy (non-hydrogen) atoms. The summed E-state index contributed by atoms with van der Waals surface area (Å²) in [4.78, 5) is 4.78. The summed E-state index contributed by atoms with van der Waals surface area (Å²) in [5.74, 6) is 5.48. The van der Waals surface area contributed by atoms with Crippen molar-refractivity contribution in [3.05, 3.63) is 29.6 Å². The zero-order valence-electron chi connectivity index (χ0n) is 15.7. The lowest BCUT2D eigenvalue weighted by atomic mass is 9.65. The number of rotatable bonds is 3. The molecule has 0 aromatic carbocycles. The Hall–Kier alpha value is -0.850. The molecule has 1 nitrogen and oxygen atoms in total. The molecule has 6 atom stereocenters. The van der Waals surface area contributed by atoms with Crippen LogP contribution in [-0.4, -0.2) is 4.98 Å². The summed E-state index contributed by atoms with van der Waals surface area (Å²) < 4.78 is 0. The molecule has 4 rings (SSSR count). The summed E-state index contributed by atoms with van der Waals surface area (Å²) in [5.41, 5.74) is 3.02. The fraction of sp³-hybridized carbons (Fsp3) is 0.783. The Kier molecular flexibility index (Phi) is 4.97. The lowest BCUT2D eigenvalue weighted by Gasteiger charge is -2.39. The van der Waals surface area contributed by atoms with E-state index in [0.717, 1.165) is 35.5 Å². The van der Waals surface area contributed by atoms with Crippen LogP contribution in [0.3, 0.4) is 0 Å². The third kappa shape index (κ3) is 3.16. The van der Waals surface area contributed by atoms with Crippen LogP contribution >= 0.6 is 0 Å². The van der Waals surface area contributed by atoms with Gasteiger partial charge in [-0.15, -0.1) is 0 Å². The molecule has 0 aliphatic heterocycles. The molecule has 3 aliphatic rings. The molecular formula is C23H35N. The highest BCUT2D eigenvalue weighted by molar-refractivity contribution is 5.31. The predicted molar refractivity (Wildman–Crippen MR) is 101 cm³/mol. The quantitative estimate of drug-likeness (QED) is 0.587. The minimum Gasteiger partial charge on any atom is -0.261 e. The van der Waals surface area contributed by atoms with Crippen LogP contribution in [0.2, 0.25) is 0 Å². The van der Waals surface area contributed by atoms with Crippen LogP contribution in [0.25, 0.3) is 0 Å². The van der Waals surface area contributed by atoms with E-state index < -0.39 is 0 Å². The normalized spacial score (nSPS) is 39.1. The number of nitrogens with zero attached hydrogens (tertiary/aromatic N) is 1. The van der Waals surface area contributed by atoms with Crippen LogP contribution in [0.5, 0.6) is 0 Å². The minimum absolute atomic E-state index is 0.772. The van der Waals surface area contributed by atoms with E-state index in [1.165, 1.54) is 69.9 Å². The largest absolute Gasteiger partial charge is 0.261 e. The van der Waals surface area contributed by atoms with Crippen molar-refractivity contribution in [2.24, 2.45) is 29.6 Å². The molecule has 0 amide bonds. The standard InChI is InChI=1S/C23H35N/c1-16-7-4-3-5-8-18(16)11-13-20-17(2)10-12-21-22(20)15-19-9-6-14-24-23(19)21/h6,9,14,16-18,20-22H,3-5,7-8,10-13,15H2,1-2H3. The number of hydrogen-bond donors (Lipinski definition) is 0. The predicted octanol–water partition coefficient (Wildman–Crippen LogP) is 6.38. The summed E-state index contributed by atoms with van der Waals surface area (Å²) in [6.07, 6.45) is 16.5. The van der Waals surface area contributed by atoms with Gasteiger partial charge < -0.3 is 0 Å². The first-order chi connectivity index (χ1) is 11.7. The van der Waals surface area contributed by atoms with Gasteiger partial charge in [-0.2, -0.15) is 0 Å². The SMILES string of the molecule is CC1CCCCCC1CCC1C(C)CCC2c3ncccc3CC21. The second-order valence-corrected chi connectivity index (χ2v) is 9.19. The maximum absolute atomic E-state index is 4.78. The molecule has 1 heterocycles. The summed E-state index contributed by atoms with van der Waals surface area (Å²) in [6, 6.07) is 4.48. The van der Waals surface area contributed by atoms with E-state index >= 15 is 0 Å². The lowest BCUT2D eigenvalue weighted by Crippen LogP contribution is -2.31. The third-order valence-electron chi connectivity index (χ3n) is 7.87. The van der Waals surface area contributed by atoms with Gasteiger partial charge in [-0.1, -0.05) is 52.0 Å². The van der Waals surface area contributed by atoms with Gasteiger partial charge in [0, 0.05) is 17.8 Å². The molecule has 0 spiro atoms. The lowest BCUT2D eigenvalue weighted by molar-refractivity contribution is 0.125. The topological polar surface area (TPSA) is 12.9 Å². The van der Waals surface area contributed by atoms with Crippen LogP contribution < -0.4 is 0 Å². The maximum atomic E-state index is 4.78. The first-order valence-electron chi connectivity index (χ1n) is 10.7. The Bertz CT molecular complexity index is 551. The summed E-state index contributed by atoms with van der Waals surface area (Å²) in [5, 5.41) is 0. The molecule has 0 saturated heterocycles. The molecule has 6 unspecified atom stereocenters. The van der Waals surface area contributed by atoms with Gasteiger partial charge in [0.05, 0.1) is 0 Å². The second kappa shape index (κ2) is 7.18. The Morgan fingerprint density at radius 3 is 2.75 bits per heavy atom. The molecular weight excluding hydrogens is 290 g/mol. The Labute approximate surface area is 148 Å². The van der Waals surface area contributed by atoms with E-state index in [9.17, 15) is 0 Å². The zero-order chi connectivity index (χ0) is 16.5. The average molecular weight is 326 g/mol. The summed E-state index contributed by atoms with van der Waals surface area (Å²) in [6.45, 7) is 5.06. The first kappa shape index (κ1) is 16.6. The Morgan fingerprint density at radius 1 is 0.958 bits per heavy atom. The van der Waals surface area contributed by atoms with Gasteiger partial charge in [0.2, 0.25) is 0 Å². The van der Waals surface area contributed by atoms with Crippen molar-refractivity contribution in [2.45, 2.75) is 84.0 Å². The van der Waals surface area contributed by atoms with Crippen molar-refractivity contribution in [3.63, 3.8) is 0 Å². The fourth-order valence-electron chi connectivity index (χ4n) is 6.34. The second-order valence-electron chi connectivity index (χ2n) is 9.19. The molecule has 132 valence electrons. The minimum atomic E-state index is 0.772. The number of pyridine rings is 1. The highest BCUT2D eigenvalue weighted by Crippen LogP contribution is 2.52. The van der Waals surface area contributed by atoms with Crippen LogP contribution in [0, 0.1) is 29.6 Å². The highest BCUT2D eigenvalue weighted by Gasteiger charge is 2.43. The molecule has 1 aromatic heterocycles. The van der Waals surface area contributed by atoms with Gasteiger partial charge in [-0.05, 0) is 73.3 Å². The van der Waals surface area contributed by atoms with E-state index in [2.05, 4.69) is 26.0 Å². The van der Waals surface area contributed by atoms with E-state index in [1.54, 1.807) is 5.56 Å². The van der Waals surface area contributed by atoms with Crippen LogP contribution in [0.4, 0.5) is 0 Å². The van der Waals surface area contributed by atoms with Gasteiger partial charge >= 0.3 is 0 Å². The Morgan fingerprint density at radius 2 is 1.83 bits per heavy atom. The highest BCUT2D eigenvalue weighted by atomic mass is 14.7. The molecule has 2 saturated carbocycles. The molecule has 0 radical (unpaired) electrons. The van der Waals surface area contributed by atoms with Gasteiger partial charge in [0.15, 0.2) is 0 Å².